The Morgan fingerprint density at radius 1 is 1.43 bits per heavy atom. The molecule has 1 fully saturated rings. The summed E-state index contributed by atoms with van der Waals surface area (Å²) < 4.78 is 19.2. The summed E-state index contributed by atoms with van der Waals surface area (Å²) in [5, 5.41) is 3.59. The minimum atomic E-state index is -0.196. The Kier molecular flexibility index (Phi) is 5.81. The second-order valence-electron chi connectivity index (χ2n) is 5.71. The normalized spacial score (nSPS) is 28.2. The predicted octanol–water partition coefficient (Wildman–Crippen LogP) is 2.16. The lowest BCUT2D eigenvalue weighted by atomic mass is 9.99. The molecule has 0 bridgehead atoms. The molecule has 0 aliphatic carbocycles. The first-order valence-electron chi connectivity index (χ1n) is 7.38. The van der Waals surface area contributed by atoms with Crippen LogP contribution in [-0.4, -0.2) is 25.7 Å². The molecule has 3 unspecified atom stereocenters. The van der Waals surface area contributed by atoms with Crippen molar-refractivity contribution in [2.24, 2.45) is 5.92 Å². The van der Waals surface area contributed by atoms with E-state index in [1.165, 1.54) is 6.07 Å². The number of hydrogen-bond acceptors (Lipinski definition) is 4. The number of halogens is 2. The quantitative estimate of drug-likeness (QED) is 0.800. The van der Waals surface area contributed by atoms with Gasteiger partial charge in [-0.2, -0.15) is 0 Å². The molecule has 0 saturated carbocycles. The second-order valence-corrected chi connectivity index (χ2v) is 5.71. The summed E-state index contributed by atoms with van der Waals surface area (Å²) in [5.41, 5.74) is 7.35. The predicted molar refractivity (Wildman–Crippen MR) is 83.2 cm³/mol. The van der Waals surface area contributed by atoms with Crippen LogP contribution in [0.5, 0.6) is 5.75 Å². The average Bonchev–Trinajstić information content (AvgIpc) is 2.74. The van der Waals surface area contributed by atoms with Gasteiger partial charge in [-0.15, -0.1) is 12.4 Å². The Bertz CT molecular complexity index is 474. The minimum Gasteiger partial charge on any atom is -0.493 e. The summed E-state index contributed by atoms with van der Waals surface area (Å²) >= 11 is 0. The number of fused-ring (bicyclic) bond motifs is 1. The molecule has 3 rings (SSSR count). The number of ether oxygens (including phenoxy) is 1. The van der Waals surface area contributed by atoms with Gasteiger partial charge in [0.1, 0.15) is 11.6 Å². The molecule has 3 N–H and O–H groups in total. The summed E-state index contributed by atoms with van der Waals surface area (Å²) in [7, 11) is 0. The number of hydrazine groups is 1. The van der Waals surface area contributed by atoms with Gasteiger partial charge in [-0.1, -0.05) is 0 Å². The molecule has 3 atom stereocenters. The van der Waals surface area contributed by atoms with Crippen LogP contribution < -0.4 is 20.9 Å². The maximum atomic E-state index is 13.5. The number of rotatable bonds is 3. The summed E-state index contributed by atoms with van der Waals surface area (Å²) in [6, 6.07) is 5.44. The van der Waals surface area contributed by atoms with Crippen LogP contribution in [-0.2, 0) is 0 Å². The van der Waals surface area contributed by atoms with Gasteiger partial charge in [0.05, 0.1) is 6.61 Å². The molecule has 2 heterocycles. The van der Waals surface area contributed by atoms with Crippen LogP contribution >= 0.6 is 12.4 Å². The number of benzene rings is 1. The molecule has 2 aliphatic rings. The van der Waals surface area contributed by atoms with E-state index in [2.05, 4.69) is 23.1 Å². The Morgan fingerprint density at radius 3 is 3.05 bits per heavy atom. The Morgan fingerprint density at radius 2 is 2.29 bits per heavy atom. The molecule has 1 saturated heterocycles. The van der Waals surface area contributed by atoms with Crippen molar-refractivity contribution in [3.63, 3.8) is 0 Å². The zero-order chi connectivity index (χ0) is 13.9. The van der Waals surface area contributed by atoms with Crippen LogP contribution in [0.4, 0.5) is 4.39 Å². The molecule has 118 valence electrons. The van der Waals surface area contributed by atoms with Gasteiger partial charge in [-0.25, -0.2) is 4.39 Å². The minimum absolute atomic E-state index is 0. The van der Waals surface area contributed by atoms with Crippen LogP contribution in [0, 0.1) is 11.7 Å². The smallest absolute Gasteiger partial charge is 0.124 e. The van der Waals surface area contributed by atoms with E-state index < -0.39 is 0 Å². The average molecular weight is 316 g/mol. The highest BCUT2D eigenvalue weighted by Gasteiger charge is 2.25. The molecule has 0 spiro atoms. The van der Waals surface area contributed by atoms with E-state index in [0.717, 1.165) is 37.2 Å². The fourth-order valence-electron chi connectivity index (χ4n) is 2.95. The molecule has 1 aromatic rings. The van der Waals surface area contributed by atoms with Crippen molar-refractivity contribution in [3.8, 4) is 5.75 Å². The summed E-state index contributed by atoms with van der Waals surface area (Å²) in [6.45, 7) is 4.77. The molecule has 1 aromatic carbocycles. The van der Waals surface area contributed by atoms with Crippen molar-refractivity contribution >= 4 is 12.4 Å². The van der Waals surface area contributed by atoms with E-state index in [4.69, 9.17) is 4.74 Å². The number of hydrogen-bond donors (Lipinski definition) is 3. The molecule has 6 heteroatoms. The van der Waals surface area contributed by atoms with Crippen molar-refractivity contribution in [3.05, 3.63) is 29.6 Å². The zero-order valence-corrected chi connectivity index (χ0v) is 13.0. The maximum Gasteiger partial charge on any atom is 0.124 e. The molecular formula is C15H23ClFN3O. The van der Waals surface area contributed by atoms with Gasteiger partial charge in [-0.05, 0) is 38.0 Å². The van der Waals surface area contributed by atoms with Crippen LogP contribution in [0.1, 0.15) is 31.4 Å². The third-order valence-corrected chi connectivity index (χ3v) is 4.27. The first-order chi connectivity index (χ1) is 9.74. The van der Waals surface area contributed by atoms with E-state index in [-0.39, 0.29) is 24.3 Å². The first kappa shape index (κ1) is 16.5. The summed E-state index contributed by atoms with van der Waals surface area (Å²) in [5.74, 6) is 1.17. The van der Waals surface area contributed by atoms with Gasteiger partial charge in [0, 0.05) is 36.7 Å². The highest BCUT2D eigenvalue weighted by Crippen LogP contribution is 2.32. The van der Waals surface area contributed by atoms with Crippen molar-refractivity contribution in [2.75, 3.05) is 19.7 Å². The van der Waals surface area contributed by atoms with E-state index in [9.17, 15) is 4.39 Å². The van der Waals surface area contributed by atoms with Gasteiger partial charge >= 0.3 is 0 Å². The number of nitrogens with one attached hydrogen (secondary N) is 3. The summed E-state index contributed by atoms with van der Waals surface area (Å²) in [4.78, 5) is 0. The van der Waals surface area contributed by atoms with Crippen molar-refractivity contribution < 1.29 is 9.13 Å². The highest BCUT2D eigenvalue weighted by atomic mass is 35.5. The van der Waals surface area contributed by atoms with Gasteiger partial charge < -0.3 is 10.1 Å². The molecule has 0 aromatic heterocycles. The fraction of sp³-hybridized carbons (Fsp3) is 0.600. The van der Waals surface area contributed by atoms with E-state index in [1.54, 1.807) is 12.1 Å². The molecule has 0 amide bonds. The lowest BCUT2D eigenvalue weighted by molar-refractivity contribution is 0.314. The summed E-state index contributed by atoms with van der Waals surface area (Å²) in [6.07, 6.45) is 1.98. The van der Waals surface area contributed by atoms with Crippen LogP contribution in [0.25, 0.3) is 0 Å². The standard InChI is InChI=1S/C15H22FN3O.ClH/c1-10-11(9-18-19-10)8-17-14-3-2-6-20-15-5-4-12(16)7-13(14)15;/h4-5,7,10-11,14,17-19H,2-3,6,8-9H2,1H3;1H. The fourth-order valence-corrected chi connectivity index (χ4v) is 2.95. The highest BCUT2D eigenvalue weighted by molar-refractivity contribution is 5.85. The van der Waals surface area contributed by atoms with Crippen molar-refractivity contribution in [2.45, 2.75) is 31.8 Å². The van der Waals surface area contributed by atoms with E-state index >= 15 is 0 Å². The largest absolute Gasteiger partial charge is 0.493 e. The monoisotopic (exact) mass is 315 g/mol. The lowest BCUT2D eigenvalue weighted by Gasteiger charge is -2.22. The van der Waals surface area contributed by atoms with E-state index in [1.807, 2.05) is 0 Å². The second kappa shape index (κ2) is 7.40. The topological polar surface area (TPSA) is 45.3 Å². The first-order valence-corrected chi connectivity index (χ1v) is 7.38. The third kappa shape index (κ3) is 3.86. The Balaban J connectivity index is 0.00000161. The lowest BCUT2D eigenvalue weighted by Crippen LogP contribution is -2.34. The van der Waals surface area contributed by atoms with Crippen molar-refractivity contribution in [1.29, 1.82) is 0 Å². The van der Waals surface area contributed by atoms with Crippen LogP contribution in [0.15, 0.2) is 18.2 Å². The van der Waals surface area contributed by atoms with Crippen molar-refractivity contribution in [1.82, 2.24) is 16.2 Å². The third-order valence-electron chi connectivity index (χ3n) is 4.27. The maximum absolute atomic E-state index is 13.5. The Labute approximate surface area is 131 Å². The Hall–Kier alpha value is -0.880. The van der Waals surface area contributed by atoms with Gasteiger partial charge in [-0.3, -0.25) is 10.9 Å². The molecule has 4 nitrogen and oxygen atoms in total. The van der Waals surface area contributed by atoms with E-state index in [0.29, 0.717) is 18.6 Å². The molecular weight excluding hydrogens is 293 g/mol. The van der Waals surface area contributed by atoms with Gasteiger partial charge in [0.25, 0.3) is 0 Å². The van der Waals surface area contributed by atoms with Gasteiger partial charge in [0.2, 0.25) is 0 Å². The van der Waals surface area contributed by atoms with Crippen LogP contribution in [0.2, 0.25) is 0 Å². The molecule has 21 heavy (non-hydrogen) atoms. The van der Waals surface area contributed by atoms with Crippen LogP contribution in [0.3, 0.4) is 0 Å². The zero-order valence-electron chi connectivity index (χ0n) is 12.2. The molecule has 0 radical (unpaired) electrons. The SMILES string of the molecule is CC1NNCC1CNC1CCCOc2ccc(F)cc21.Cl. The van der Waals surface area contributed by atoms with Gasteiger partial charge in [0.15, 0.2) is 0 Å². The molecule has 2 aliphatic heterocycles.